The largest absolute Gasteiger partial charge is 0.464 e. The van der Waals surface area contributed by atoms with Crippen LogP contribution in [0.4, 0.5) is 5.69 Å². The Kier molecular flexibility index (Phi) is 4.37. The molecule has 0 N–H and O–H groups in total. The predicted molar refractivity (Wildman–Crippen MR) is 97.1 cm³/mol. The fourth-order valence-electron chi connectivity index (χ4n) is 3.99. The second-order valence-electron chi connectivity index (χ2n) is 7.04. The second kappa shape index (κ2) is 6.29. The number of hydrazone groups is 1. The topological polar surface area (TPSA) is 96.3 Å². The number of hydrogen-bond donors (Lipinski definition) is 0. The van der Waals surface area contributed by atoms with Gasteiger partial charge in [0.05, 0.1) is 19.2 Å². The van der Waals surface area contributed by atoms with Gasteiger partial charge in [-0.1, -0.05) is 17.7 Å². The van der Waals surface area contributed by atoms with Gasteiger partial charge in [-0.25, -0.2) is 14.7 Å². The second-order valence-corrected chi connectivity index (χ2v) is 7.04. The average molecular weight is 371 g/mol. The van der Waals surface area contributed by atoms with Crippen LogP contribution in [-0.4, -0.2) is 47.1 Å². The van der Waals surface area contributed by atoms with Crippen molar-refractivity contribution in [3.63, 3.8) is 0 Å². The molecule has 142 valence electrons. The van der Waals surface area contributed by atoms with Crippen LogP contribution in [0.2, 0.25) is 0 Å². The van der Waals surface area contributed by atoms with Crippen molar-refractivity contribution in [1.82, 2.24) is 5.01 Å². The van der Waals surface area contributed by atoms with E-state index in [-0.39, 0.29) is 18.6 Å². The summed E-state index contributed by atoms with van der Waals surface area (Å²) in [5.41, 5.74) is 1.54. The molecule has 8 heteroatoms. The lowest BCUT2D eigenvalue weighted by molar-refractivity contribution is -0.141. The molecule has 1 spiro atoms. The first-order chi connectivity index (χ1) is 12.6. The minimum absolute atomic E-state index is 0.0481. The first-order valence-electron chi connectivity index (χ1n) is 8.54. The highest BCUT2D eigenvalue weighted by atomic mass is 16.5. The Labute approximate surface area is 156 Å². The lowest BCUT2D eigenvalue weighted by Crippen LogP contribution is -2.51. The smallest absolute Gasteiger partial charge is 0.354 e. The van der Waals surface area contributed by atoms with Crippen molar-refractivity contribution in [2.75, 3.05) is 12.0 Å². The minimum atomic E-state index is -1.52. The van der Waals surface area contributed by atoms with Gasteiger partial charge in [-0.15, -0.1) is 0 Å². The van der Waals surface area contributed by atoms with Crippen LogP contribution in [0.25, 0.3) is 0 Å². The number of methoxy groups -OCH3 is 1. The first kappa shape index (κ1) is 18.8. The summed E-state index contributed by atoms with van der Waals surface area (Å²) in [6.45, 7) is 6.83. The number of nitrogens with zero attached hydrogens (tertiary/aromatic N) is 3. The quantitative estimate of drug-likeness (QED) is 0.578. The molecular weight excluding hydrogens is 350 g/mol. The molecule has 27 heavy (non-hydrogen) atoms. The molecule has 2 aliphatic rings. The number of carbonyl (C=O) groups excluding carboxylic acids is 4. The van der Waals surface area contributed by atoms with Crippen molar-refractivity contribution < 1.29 is 23.9 Å². The molecule has 1 saturated heterocycles. The Hall–Kier alpha value is -3.03. The van der Waals surface area contributed by atoms with E-state index in [9.17, 15) is 19.2 Å². The molecule has 3 amide bonds. The van der Waals surface area contributed by atoms with E-state index in [1.165, 1.54) is 14.0 Å². The van der Waals surface area contributed by atoms with Crippen molar-refractivity contribution >= 4 is 35.1 Å². The van der Waals surface area contributed by atoms with Gasteiger partial charge in [0, 0.05) is 13.3 Å². The minimum Gasteiger partial charge on any atom is -0.464 e. The highest BCUT2D eigenvalue weighted by Gasteiger charge is 2.61. The Bertz CT molecular complexity index is 897. The number of rotatable bonds is 2. The number of amides is 3. The molecule has 0 unspecified atom stereocenters. The number of hydrogen-bond acceptors (Lipinski definition) is 6. The van der Waals surface area contributed by atoms with Crippen molar-refractivity contribution in [1.29, 1.82) is 0 Å². The van der Waals surface area contributed by atoms with E-state index < -0.39 is 29.2 Å². The van der Waals surface area contributed by atoms with Gasteiger partial charge in [0.2, 0.25) is 11.8 Å². The van der Waals surface area contributed by atoms with E-state index in [0.29, 0.717) is 5.69 Å². The van der Waals surface area contributed by atoms with Crippen LogP contribution in [0.5, 0.6) is 0 Å². The van der Waals surface area contributed by atoms with Crippen LogP contribution in [0.1, 0.15) is 36.5 Å². The summed E-state index contributed by atoms with van der Waals surface area (Å²) in [4.78, 5) is 51.4. The first-order valence-corrected chi connectivity index (χ1v) is 8.54. The number of aryl methyl sites for hydroxylation is 3. The normalized spacial score (nSPS) is 21.9. The van der Waals surface area contributed by atoms with Gasteiger partial charge in [-0.2, -0.15) is 5.10 Å². The number of ether oxygens (including phenoxy) is 1. The summed E-state index contributed by atoms with van der Waals surface area (Å²) in [6.07, 6.45) is -0.382. The molecule has 0 aromatic heterocycles. The zero-order valence-electron chi connectivity index (χ0n) is 16.0. The van der Waals surface area contributed by atoms with Gasteiger partial charge < -0.3 is 4.74 Å². The van der Waals surface area contributed by atoms with Gasteiger partial charge in [-0.3, -0.25) is 14.4 Å². The monoisotopic (exact) mass is 371 g/mol. The maximum absolute atomic E-state index is 13.4. The Morgan fingerprint density at radius 3 is 2.22 bits per heavy atom. The van der Waals surface area contributed by atoms with Gasteiger partial charge in [0.25, 0.3) is 5.91 Å². The molecule has 2 heterocycles. The van der Waals surface area contributed by atoms with Crippen LogP contribution in [0.3, 0.4) is 0 Å². The van der Waals surface area contributed by atoms with E-state index in [2.05, 4.69) is 9.84 Å². The molecule has 0 saturated carbocycles. The third-order valence-corrected chi connectivity index (χ3v) is 4.96. The molecule has 3 rings (SSSR count). The Morgan fingerprint density at radius 1 is 1.11 bits per heavy atom. The Morgan fingerprint density at radius 2 is 1.70 bits per heavy atom. The summed E-state index contributed by atoms with van der Waals surface area (Å²) in [5, 5.41) is 4.95. The van der Waals surface area contributed by atoms with Gasteiger partial charge in [0.1, 0.15) is 5.71 Å². The molecule has 1 atom stereocenters. The SMILES string of the molecule is COC(=O)C1=NN(C(C)=O)[C@]2(CC(=O)N(c3c(C)cc(C)cc3C)C2=O)C1. The van der Waals surface area contributed by atoms with Gasteiger partial charge in [-0.05, 0) is 31.9 Å². The van der Waals surface area contributed by atoms with Crippen LogP contribution in [0, 0.1) is 20.8 Å². The summed E-state index contributed by atoms with van der Waals surface area (Å²) in [7, 11) is 1.20. The van der Waals surface area contributed by atoms with Crippen molar-refractivity contribution in [3.05, 3.63) is 28.8 Å². The zero-order valence-corrected chi connectivity index (χ0v) is 16.0. The number of imide groups is 1. The highest BCUT2D eigenvalue weighted by molar-refractivity contribution is 6.39. The lowest BCUT2D eigenvalue weighted by Gasteiger charge is -2.29. The molecular formula is C19H21N3O5. The molecule has 0 bridgehead atoms. The van der Waals surface area contributed by atoms with Crippen LogP contribution < -0.4 is 4.90 Å². The average Bonchev–Trinajstić information content (AvgIpc) is 3.07. The predicted octanol–water partition coefficient (Wildman–Crippen LogP) is 1.40. The van der Waals surface area contributed by atoms with E-state index in [1.54, 1.807) is 0 Å². The van der Waals surface area contributed by atoms with Crippen molar-refractivity contribution in [2.45, 2.75) is 46.1 Å². The van der Waals surface area contributed by atoms with Crippen LogP contribution in [-0.2, 0) is 23.9 Å². The summed E-state index contributed by atoms with van der Waals surface area (Å²) in [5.74, 6) is -2.23. The molecule has 1 fully saturated rings. The number of carbonyl (C=O) groups is 4. The standard InChI is InChI=1S/C19H21N3O5/c1-10-6-11(2)16(12(3)7-10)21-15(24)9-19(18(21)26)8-14(17(25)27-5)20-22(19)13(4)23/h6-7H,8-9H2,1-5H3/t19-/m0/s1. The summed E-state index contributed by atoms with van der Waals surface area (Å²) < 4.78 is 4.67. The van der Waals surface area contributed by atoms with Crippen LogP contribution in [0.15, 0.2) is 17.2 Å². The molecule has 1 aromatic rings. The van der Waals surface area contributed by atoms with Crippen LogP contribution >= 0.6 is 0 Å². The van der Waals surface area contributed by atoms with Gasteiger partial charge >= 0.3 is 5.97 Å². The van der Waals surface area contributed by atoms with Crippen molar-refractivity contribution in [3.8, 4) is 0 Å². The maximum Gasteiger partial charge on any atom is 0.354 e. The highest BCUT2D eigenvalue weighted by Crippen LogP contribution is 2.42. The number of anilines is 1. The maximum atomic E-state index is 13.4. The van der Waals surface area contributed by atoms with E-state index in [4.69, 9.17) is 0 Å². The third kappa shape index (κ3) is 2.72. The van der Waals surface area contributed by atoms with Gasteiger partial charge in [0.15, 0.2) is 5.54 Å². The van der Waals surface area contributed by atoms with Crippen molar-refractivity contribution in [2.24, 2.45) is 5.10 Å². The molecule has 0 radical (unpaired) electrons. The van der Waals surface area contributed by atoms with E-state index in [1.807, 2.05) is 32.9 Å². The third-order valence-electron chi connectivity index (χ3n) is 4.96. The molecule has 2 aliphatic heterocycles. The lowest BCUT2D eigenvalue weighted by atomic mass is 9.91. The molecule has 0 aliphatic carbocycles. The molecule has 8 nitrogen and oxygen atoms in total. The number of esters is 1. The zero-order chi connectivity index (χ0) is 20.1. The van der Waals surface area contributed by atoms with E-state index >= 15 is 0 Å². The Balaban J connectivity index is 2.09. The fraction of sp³-hybridized carbons (Fsp3) is 0.421. The summed E-state index contributed by atoms with van der Waals surface area (Å²) >= 11 is 0. The molecule has 1 aromatic carbocycles. The van der Waals surface area contributed by atoms with E-state index in [0.717, 1.165) is 26.6 Å². The fourth-order valence-corrected chi connectivity index (χ4v) is 3.99. The summed E-state index contributed by atoms with van der Waals surface area (Å²) in [6, 6.07) is 3.78. The number of benzene rings is 1.